The summed E-state index contributed by atoms with van der Waals surface area (Å²) in [6.45, 7) is 3.12. The number of carboxylic acid groups (broad SMARTS) is 1. The third-order valence-corrected chi connectivity index (χ3v) is 4.00. The van der Waals surface area contributed by atoms with Crippen molar-refractivity contribution in [3.8, 4) is 0 Å². The van der Waals surface area contributed by atoms with Gasteiger partial charge in [-0.05, 0) is 32.2 Å². The Morgan fingerprint density at radius 2 is 2.19 bits per heavy atom. The minimum Gasteiger partial charge on any atom is -0.481 e. The van der Waals surface area contributed by atoms with Crippen molar-refractivity contribution in [3.05, 3.63) is 0 Å². The first-order valence-electron chi connectivity index (χ1n) is 6.17. The van der Waals surface area contributed by atoms with Gasteiger partial charge in [0, 0.05) is 12.1 Å². The molecule has 2 aliphatic rings. The molecular weight excluding hydrogens is 206 g/mol. The van der Waals surface area contributed by atoms with Gasteiger partial charge in [0.25, 0.3) is 0 Å². The van der Waals surface area contributed by atoms with Crippen molar-refractivity contribution in [1.29, 1.82) is 0 Å². The number of rotatable bonds is 5. The highest BCUT2D eigenvalue weighted by Crippen LogP contribution is 2.38. The van der Waals surface area contributed by atoms with E-state index in [0.29, 0.717) is 19.3 Å². The van der Waals surface area contributed by atoms with E-state index >= 15 is 0 Å². The Labute approximate surface area is 96.6 Å². The van der Waals surface area contributed by atoms with Gasteiger partial charge < -0.3 is 9.84 Å². The summed E-state index contributed by atoms with van der Waals surface area (Å²) in [4.78, 5) is 13.4. The molecule has 0 aromatic rings. The van der Waals surface area contributed by atoms with Gasteiger partial charge in [-0.2, -0.15) is 0 Å². The number of ether oxygens (including phenoxy) is 1. The predicted molar refractivity (Wildman–Crippen MR) is 60.3 cm³/mol. The van der Waals surface area contributed by atoms with E-state index in [0.717, 1.165) is 12.3 Å². The van der Waals surface area contributed by atoms with E-state index in [2.05, 4.69) is 18.9 Å². The van der Waals surface area contributed by atoms with Crippen molar-refractivity contribution < 1.29 is 14.6 Å². The monoisotopic (exact) mass is 227 g/mol. The zero-order valence-corrected chi connectivity index (χ0v) is 10.1. The second kappa shape index (κ2) is 4.72. The molecule has 4 nitrogen and oxygen atoms in total. The number of carboxylic acids is 1. The standard InChI is InChI=1S/C12H21NO3/c1-3-10(8-4-5-8)13(2)11-7-16-6-9(11)12(14)15/h8-11H,3-7H2,1-2H3,(H,14,15). The first kappa shape index (κ1) is 11.9. The third-order valence-electron chi connectivity index (χ3n) is 4.00. The Balaban J connectivity index is 2.01. The highest BCUT2D eigenvalue weighted by atomic mass is 16.5. The lowest BCUT2D eigenvalue weighted by molar-refractivity contribution is -0.143. The molecule has 0 spiro atoms. The summed E-state index contributed by atoms with van der Waals surface area (Å²) in [5.41, 5.74) is 0. The SMILES string of the molecule is CCC(C1CC1)N(C)C1COCC1C(=O)O. The molecule has 1 saturated carbocycles. The van der Waals surface area contributed by atoms with Crippen molar-refractivity contribution in [1.82, 2.24) is 4.90 Å². The van der Waals surface area contributed by atoms with Gasteiger partial charge in [-0.25, -0.2) is 0 Å². The molecule has 1 saturated heterocycles. The van der Waals surface area contributed by atoms with Crippen LogP contribution < -0.4 is 0 Å². The Morgan fingerprint density at radius 1 is 1.50 bits per heavy atom. The fourth-order valence-electron chi connectivity index (χ4n) is 2.86. The minimum atomic E-state index is -0.722. The number of aliphatic carboxylic acids is 1. The molecule has 1 aliphatic heterocycles. The van der Waals surface area contributed by atoms with E-state index < -0.39 is 5.97 Å². The molecule has 3 atom stereocenters. The molecule has 16 heavy (non-hydrogen) atoms. The van der Waals surface area contributed by atoms with Crippen LogP contribution in [0.5, 0.6) is 0 Å². The predicted octanol–water partition coefficient (Wildman–Crippen LogP) is 1.21. The van der Waals surface area contributed by atoms with Gasteiger partial charge in [0.2, 0.25) is 0 Å². The summed E-state index contributed by atoms with van der Waals surface area (Å²) in [5.74, 6) is -0.289. The molecule has 0 aromatic heterocycles. The van der Waals surface area contributed by atoms with E-state index in [1.807, 2.05) is 0 Å². The molecule has 2 rings (SSSR count). The van der Waals surface area contributed by atoms with Gasteiger partial charge in [-0.15, -0.1) is 0 Å². The quantitative estimate of drug-likeness (QED) is 0.767. The highest BCUT2D eigenvalue weighted by molar-refractivity contribution is 5.71. The van der Waals surface area contributed by atoms with E-state index in [9.17, 15) is 4.79 Å². The zero-order chi connectivity index (χ0) is 11.7. The lowest BCUT2D eigenvalue weighted by Crippen LogP contribution is -2.46. The van der Waals surface area contributed by atoms with Gasteiger partial charge in [0.05, 0.1) is 19.1 Å². The van der Waals surface area contributed by atoms with E-state index in [1.54, 1.807) is 0 Å². The van der Waals surface area contributed by atoms with Crippen LogP contribution in [0, 0.1) is 11.8 Å². The number of hydrogen-bond donors (Lipinski definition) is 1. The maximum atomic E-state index is 11.1. The van der Waals surface area contributed by atoms with E-state index in [-0.39, 0.29) is 12.0 Å². The maximum Gasteiger partial charge on any atom is 0.310 e. The van der Waals surface area contributed by atoms with Crippen molar-refractivity contribution in [3.63, 3.8) is 0 Å². The van der Waals surface area contributed by atoms with Crippen molar-refractivity contribution >= 4 is 5.97 Å². The molecule has 3 unspecified atom stereocenters. The fourth-order valence-corrected chi connectivity index (χ4v) is 2.86. The van der Waals surface area contributed by atoms with Crippen LogP contribution >= 0.6 is 0 Å². The first-order chi connectivity index (χ1) is 7.65. The summed E-state index contributed by atoms with van der Waals surface area (Å²) >= 11 is 0. The van der Waals surface area contributed by atoms with Crippen LogP contribution in [-0.4, -0.2) is 48.3 Å². The van der Waals surface area contributed by atoms with Crippen LogP contribution in [0.2, 0.25) is 0 Å². The van der Waals surface area contributed by atoms with Gasteiger partial charge in [-0.3, -0.25) is 9.69 Å². The number of carbonyl (C=O) groups is 1. The number of hydrogen-bond acceptors (Lipinski definition) is 3. The summed E-state index contributed by atoms with van der Waals surface area (Å²) in [7, 11) is 2.06. The largest absolute Gasteiger partial charge is 0.481 e. The minimum absolute atomic E-state index is 0.0584. The Kier molecular flexibility index (Phi) is 3.50. The molecule has 0 amide bonds. The smallest absolute Gasteiger partial charge is 0.310 e. The normalized spacial score (nSPS) is 31.9. The van der Waals surface area contributed by atoms with Crippen molar-refractivity contribution in [2.75, 3.05) is 20.3 Å². The van der Waals surface area contributed by atoms with Gasteiger partial charge >= 0.3 is 5.97 Å². The van der Waals surface area contributed by atoms with Gasteiger partial charge in [0.15, 0.2) is 0 Å². The second-order valence-corrected chi connectivity index (χ2v) is 5.03. The number of nitrogens with zero attached hydrogens (tertiary/aromatic N) is 1. The highest BCUT2D eigenvalue weighted by Gasteiger charge is 2.42. The molecule has 0 aromatic carbocycles. The zero-order valence-electron chi connectivity index (χ0n) is 10.1. The lowest BCUT2D eigenvalue weighted by Gasteiger charge is -2.33. The molecular formula is C12H21NO3. The van der Waals surface area contributed by atoms with Crippen molar-refractivity contribution in [2.45, 2.75) is 38.3 Å². The molecule has 0 radical (unpaired) electrons. The third kappa shape index (κ3) is 2.23. The Bertz CT molecular complexity index is 265. The molecule has 92 valence electrons. The molecule has 0 bridgehead atoms. The van der Waals surface area contributed by atoms with E-state index in [4.69, 9.17) is 9.84 Å². The molecule has 2 fully saturated rings. The number of likely N-dealkylation sites (N-methyl/N-ethyl adjacent to an activating group) is 1. The molecule has 1 aliphatic carbocycles. The average molecular weight is 227 g/mol. The summed E-state index contributed by atoms with van der Waals surface area (Å²) in [5, 5.41) is 9.13. The van der Waals surface area contributed by atoms with Crippen LogP contribution in [0.3, 0.4) is 0 Å². The maximum absolute atomic E-state index is 11.1. The molecule has 1 heterocycles. The summed E-state index contributed by atoms with van der Waals surface area (Å²) < 4.78 is 5.32. The summed E-state index contributed by atoms with van der Waals surface area (Å²) in [6, 6.07) is 0.594. The molecule has 1 N–H and O–H groups in total. The Morgan fingerprint density at radius 3 is 2.69 bits per heavy atom. The van der Waals surface area contributed by atoms with Gasteiger partial charge in [-0.1, -0.05) is 6.92 Å². The van der Waals surface area contributed by atoms with Crippen LogP contribution in [0.4, 0.5) is 0 Å². The van der Waals surface area contributed by atoms with E-state index in [1.165, 1.54) is 12.8 Å². The van der Waals surface area contributed by atoms with Crippen LogP contribution in [-0.2, 0) is 9.53 Å². The van der Waals surface area contributed by atoms with Gasteiger partial charge in [0.1, 0.15) is 0 Å². The first-order valence-corrected chi connectivity index (χ1v) is 6.17. The topological polar surface area (TPSA) is 49.8 Å². The second-order valence-electron chi connectivity index (χ2n) is 5.03. The average Bonchev–Trinajstić information content (AvgIpc) is 2.95. The van der Waals surface area contributed by atoms with Crippen LogP contribution in [0.25, 0.3) is 0 Å². The van der Waals surface area contributed by atoms with Crippen LogP contribution in [0.15, 0.2) is 0 Å². The Hall–Kier alpha value is -0.610. The lowest BCUT2D eigenvalue weighted by atomic mass is 9.98. The summed E-state index contributed by atoms with van der Waals surface area (Å²) in [6.07, 6.45) is 3.70. The fraction of sp³-hybridized carbons (Fsp3) is 0.917. The molecule has 4 heteroatoms. The van der Waals surface area contributed by atoms with Crippen molar-refractivity contribution in [2.24, 2.45) is 11.8 Å². The van der Waals surface area contributed by atoms with Crippen LogP contribution in [0.1, 0.15) is 26.2 Å².